The van der Waals surface area contributed by atoms with Crippen LogP contribution in [0, 0.1) is 5.41 Å². The van der Waals surface area contributed by atoms with Gasteiger partial charge in [-0.1, -0.05) is 20.8 Å². The van der Waals surface area contributed by atoms with E-state index in [0.29, 0.717) is 0 Å². The fraction of sp³-hybridized carbons (Fsp3) is 0.750. The van der Waals surface area contributed by atoms with E-state index in [0.717, 1.165) is 19.3 Å². The van der Waals surface area contributed by atoms with Gasteiger partial charge in [0.25, 0.3) is 0 Å². The molecule has 0 spiro atoms. The predicted octanol–water partition coefficient (Wildman–Crippen LogP) is 2.15. The van der Waals surface area contributed by atoms with Gasteiger partial charge in [-0.2, -0.15) is 5.10 Å². The van der Waals surface area contributed by atoms with Crippen LogP contribution in [0.1, 0.15) is 39.3 Å². The molecule has 3 heteroatoms. The number of aliphatic hydroxyl groups excluding tert-OH is 1. The van der Waals surface area contributed by atoms with Gasteiger partial charge in [0.15, 0.2) is 0 Å². The molecule has 0 bridgehead atoms. The van der Waals surface area contributed by atoms with Crippen molar-refractivity contribution in [3.05, 3.63) is 18.0 Å². The highest BCUT2D eigenvalue weighted by Crippen LogP contribution is 2.23. The third-order valence-corrected chi connectivity index (χ3v) is 2.83. The van der Waals surface area contributed by atoms with Gasteiger partial charge in [-0.3, -0.25) is 4.68 Å². The van der Waals surface area contributed by atoms with Crippen LogP contribution in [0.2, 0.25) is 0 Å². The maximum Gasteiger partial charge on any atom is 0.0588 e. The molecule has 0 saturated heterocycles. The Bertz CT molecular complexity index is 299. The van der Waals surface area contributed by atoms with Gasteiger partial charge in [-0.15, -0.1) is 0 Å². The van der Waals surface area contributed by atoms with E-state index in [1.165, 1.54) is 5.69 Å². The Morgan fingerprint density at radius 3 is 2.60 bits per heavy atom. The maximum absolute atomic E-state index is 9.86. The number of aliphatic hydroxyl groups is 1. The molecular weight excluding hydrogens is 188 g/mol. The second kappa shape index (κ2) is 4.79. The van der Waals surface area contributed by atoms with Gasteiger partial charge < -0.3 is 5.11 Å². The zero-order chi connectivity index (χ0) is 11.5. The van der Waals surface area contributed by atoms with Crippen LogP contribution in [-0.4, -0.2) is 21.0 Å². The van der Waals surface area contributed by atoms with Crippen LogP contribution in [0.25, 0.3) is 0 Å². The fourth-order valence-corrected chi connectivity index (χ4v) is 1.56. The van der Waals surface area contributed by atoms with Gasteiger partial charge in [0.2, 0.25) is 0 Å². The lowest BCUT2D eigenvalue weighted by atomic mass is 9.86. The lowest BCUT2D eigenvalue weighted by Crippen LogP contribution is -2.25. The summed E-state index contributed by atoms with van der Waals surface area (Å²) in [6.07, 6.45) is 4.46. The maximum atomic E-state index is 9.86. The van der Waals surface area contributed by atoms with E-state index in [1.807, 2.05) is 24.0 Å². The lowest BCUT2D eigenvalue weighted by Gasteiger charge is -2.25. The summed E-state index contributed by atoms with van der Waals surface area (Å²) in [6, 6.07) is 2.03. The molecule has 15 heavy (non-hydrogen) atoms. The van der Waals surface area contributed by atoms with E-state index < -0.39 is 0 Å². The van der Waals surface area contributed by atoms with E-state index in [-0.39, 0.29) is 11.5 Å². The number of aromatic nitrogens is 2. The fourth-order valence-electron chi connectivity index (χ4n) is 1.56. The van der Waals surface area contributed by atoms with Gasteiger partial charge in [0.1, 0.15) is 0 Å². The first-order chi connectivity index (χ1) is 6.91. The molecule has 1 atom stereocenters. The average Bonchev–Trinajstić information content (AvgIpc) is 2.50. The largest absolute Gasteiger partial charge is 0.393 e. The average molecular weight is 210 g/mol. The lowest BCUT2D eigenvalue weighted by molar-refractivity contribution is 0.0539. The zero-order valence-corrected chi connectivity index (χ0v) is 10.2. The van der Waals surface area contributed by atoms with Crippen molar-refractivity contribution < 1.29 is 5.11 Å². The highest BCUT2D eigenvalue weighted by atomic mass is 16.3. The molecule has 0 radical (unpaired) electrons. The molecule has 86 valence electrons. The van der Waals surface area contributed by atoms with Crippen molar-refractivity contribution in [1.82, 2.24) is 9.78 Å². The molecule has 3 nitrogen and oxygen atoms in total. The molecular formula is C12H22N2O. The van der Waals surface area contributed by atoms with Crippen molar-refractivity contribution in [1.29, 1.82) is 0 Å². The molecule has 0 amide bonds. The van der Waals surface area contributed by atoms with Crippen LogP contribution in [0.4, 0.5) is 0 Å². The summed E-state index contributed by atoms with van der Waals surface area (Å²) >= 11 is 0. The number of nitrogens with zero attached hydrogens (tertiary/aromatic N) is 2. The minimum Gasteiger partial charge on any atom is -0.393 e. The van der Waals surface area contributed by atoms with Crippen molar-refractivity contribution in [3.63, 3.8) is 0 Å². The van der Waals surface area contributed by atoms with Crippen LogP contribution in [0.15, 0.2) is 12.3 Å². The van der Waals surface area contributed by atoms with Crippen LogP contribution >= 0.6 is 0 Å². The SMILES string of the molecule is Cn1nccc1CCCC(O)C(C)(C)C. The van der Waals surface area contributed by atoms with Gasteiger partial charge in [-0.05, 0) is 30.7 Å². The molecule has 0 aliphatic carbocycles. The Morgan fingerprint density at radius 2 is 2.13 bits per heavy atom. The molecule has 0 saturated carbocycles. The number of hydrogen-bond donors (Lipinski definition) is 1. The Morgan fingerprint density at radius 1 is 1.47 bits per heavy atom. The predicted molar refractivity (Wildman–Crippen MR) is 61.6 cm³/mol. The Hall–Kier alpha value is -0.830. The number of hydrogen-bond acceptors (Lipinski definition) is 2. The molecule has 0 fully saturated rings. The summed E-state index contributed by atoms with van der Waals surface area (Å²) in [4.78, 5) is 0. The topological polar surface area (TPSA) is 38.0 Å². The zero-order valence-electron chi connectivity index (χ0n) is 10.2. The second-order valence-corrected chi connectivity index (χ2v) is 5.22. The van der Waals surface area contributed by atoms with Gasteiger partial charge >= 0.3 is 0 Å². The van der Waals surface area contributed by atoms with E-state index >= 15 is 0 Å². The van der Waals surface area contributed by atoms with Crippen molar-refractivity contribution in [3.8, 4) is 0 Å². The molecule has 1 heterocycles. The highest BCUT2D eigenvalue weighted by molar-refractivity contribution is 4.99. The smallest absolute Gasteiger partial charge is 0.0588 e. The Labute approximate surface area is 92.1 Å². The van der Waals surface area contributed by atoms with Crippen molar-refractivity contribution >= 4 is 0 Å². The second-order valence-electron chi connectivity index (χ2n) is 5.22. The van der Waals surface area contributed by atoms with Gasteiger partial charge in [0.05, 0.1) is 6.10 Å². The van der Waals surface area contributed by atoms with Gasteiger partial charge in [-0.25, -0.2) is 0 Å². The molecule has 0 aliphatic rings. The third kappa shape index (κ3) is 3.67. The Kier molecular flexibility index (Phi) is 3.91. The molecule has 0 aromatic carbocycles. The molecule has 1 aromatic rings. The third-order valence-electron chi connectivity index (χ3n) is 2.83. The minimum atomic E-state index is -0.217. The van der Waals surface area contributed by atoms with Crippen LogP contribution in [0.3, 0.4) is 0 Å². The highest BCUT2D eigenvalue weighted by Gasteiger charge is 2.21. The summed E-state index contributed by atoms with van der Waals surface area (Å²) in [7, 11) is 1.95. The molecule has 1 unspecified atom stereocenters. The Balaban J connectivity index is 2.31. The molecule has 0 aliphatic heterocycles. The quantitative estimate of drug-likeness (QED) is 0.827. The summed E-state index contributed by atoms with van der Waals surface area (Å²) < 4.78 is 1.89. The normalized spacial score (nSPS) is 14.2. The minimum absolute atomic E-state index is 0.00748. The van der Waals surface area contributed by atoms with E-state index in [2.05, 4.69) is 25.9 Å². The number of aryl methyl sites for hydroxylation is 2. The molecule has 1 aromatic heterocycles. The molecule has 1 N–H and O–H groups in total. The summed E-state index contributed by atoms with van der Waals surface area (Å²) in [6.45, 7) is 6.21. The number of rotatable bonds is 4. The van der Waals surface area contributed by atoms with E-state index in [1.54, 1.807) is 0 Å². The van der Waals surface area contributed by atoms with Gasteiger partial charge in [0, 0.05) is 18.9 Å². The van der Waals surface area contributed by atoms with Crippen LogP contribution in [0.5, 0.6) is 0 Å². The van der Waals surface area contributed by atoms with E-state index in [4.69, 9.17) is 0 Å². The first-order valence-electron chi connectivity index (χ1n) is 5.56. The summed E-state index contributed by atoms with van der Waals surface area (Å²) in [5.74, 6) is 0. The van der Waals surface area contributed by atoms with Crippen LogP contribution < -0.4 is 0 Å². The standard InChI is InChI=1S/C12H22N2O/c1-12(2,3)11(15)7-5-6-10-8-9-13-14(10)4/h8-9,11,15H,5-7H2,1-4H3. The van der Waals surface area contributed by atoms with E-state index in [9.17, 15) is 5.11 Å². The monoisotopic (exact) mass is 210 g/mol. The first-order valence-corrected chi connectivity index (χ1v) is 5.56. The van der Waals surface area contributed by atoms with Crippen LogP contribution in [-0.2, 0) is 13.5 Å². The summed E-state index contributed by atoms with van der Waals surface area (Å²) in [5, 5.41) is 14.0. The molecule has 1 rings (SSSR count). The summed E-state index contributed by atoms with van der Waals surface area (Å²) in [5.41, 5.74) is 1.23. The first kappa shape index (κ1) is 12.2. The van der Waals surface area contributed by atoms with Crippen molar-refractivity contribution in [2.45, 2.75) is 46.1 Å². The van der Waals surface area contributed by atoms with Crippen molar-refractivity contribution in [2.75, 3.05) is 0 Å². The van der Waals surface area contributed by atoms with Crippen molar-refractivity contribution in [2.24, 2.45) is 12.5 Å².